The molecule has 44 heavy (non-hydrogen) atoms. The van der Waals surface area contributed by atoms with Crippen molar-refractivity contribution in [2.45, 2.75) is 68.1 Å². The van der Waals surface area contributed by atoms with E-state index in [0.29, 0.717) is 13.0 Å². The molecule has 1 aromatic carbocycles. The van der Waals surface area contributed by atoms with Crippen LogP contribution in [0.2, 0.25) is 0 Å². The van der Waals surface area contributed by atoms with Crippen LogP contribution in [0.5, 0.6) is 0 Å². The van der Waals surface area contributed by atoms with E-state index in [1.807, 2.05) is 37.4 Å². The van der Waals surface area contributed by atoms with Gasteiger partial charge in [-0.1, -0.05) is 112 Å². The van der Waals surface area contributed by atoms with Crippen LogP contribution in [0.25, 0.3) is 0 Å². The smallest absolute Gasteiger partial charge is 0.307 e. The van der Waals surface area contributed by atoms with Gasteiger partial charge in [0, 0.05) is 18.3 Å². The third-order valence-corrected chi connectivity index (χ3v) is 9.59. The first kappa shape index (κ1) is 53.7. The predicted octanol–water partition coefficient (Wildman–Crippen LogP) is 8.07. The number of hydrogen-bond acceptors (Lipinski definition) is 9. The summed E-state index contributed by atoms with van der Waals surface area (Å²) < 4.78 is 41.8. The van der Waals surface area contributed by atoms with E-state index in [1.165, 1.54) is 30.2 Å². The van der Waals surface area contributed by atoms with Crippen LogP contribution in [0, 0.1) is 29.6 Å². The molecule has 0 unspecified atom stereocenters. The fourth-order valence-corrected chi connectivity index (χ4v) is 6.40. The van der Waals surface area contributed by atoms with Crippen molar-refractivity contribution in [1.82, 2.24) is 0 Å². The first-order chi connectivity index (χ1) is 20.0. The molecule has 0 heterocycles. The number of carboxylic acids is 1. The van der Waals surface area contributed by atoms with Gasteiger partial charge in [0.2, 0.25) is 0 Å². The number of rotatable bonds is 12. The molecule has 6 nitrogen and oxygen atoms in total. The average Bonchev–Trinajstić information content (AvgIpc) is 2.84. The summed E-state index contributed by atoms with van der Waals surface area (Å²) in [6, 6.07) is 10.6. The highest BCUT2D eigenvalue weighted by molar-refractivity contribution is 8.07. The van der Waals surface area contributed by atoms with Gasteiger partial charge in [-0.3, -0.25) is 4.79 Å². The first-order valence-electron chi connectivity index (χ1n) is 14.3. The van der Waals surface area contributed by atoms with Crippen molar-refractivity contribution in [3.05, 3.63) is 35.9 Å². The summed E-state index contributed by atoms with van der Waals surface area (Å²) in [5.74, 6) is 5.49. The van der Waals surface area contributed by atoms with E-state index in [9.17, 15) is 21.6 Å². The predicted molar refractivity (Wildman–Crippen MR) is 210 cm³/mol. The SMILES string of the molecule is CC(C)CS.CC(C)CS(C)(=O)=O.CC(C)CSCc1ccccc1.CSCC(C)C.C[C@@H](CS(C)(=O)=O)C(=O)O.[B]P=S. The summed E-state index contributed by atoms with van der Waals surface area (Å²) in [7, 11) is -0.738. The number of carbonyl (C=O) groups is 1. The normalized spacial score (nSPS) is 11.4. The number of carboxylic acid groups (broad SMARTS) is 1. The molecule has 0 aliphatic rings. The summed E-state index contributed by atoms with van der Waals surface area (Å²) in [4.78, 5) is 10.1. The number of thiol groups is 1. The maximum absolute atomic E-state index is 10.5. The monoisotopic (exact) mass is 750 g/mol. The van der Waals surface area contributed by atoms with Crippen molar-refractivity contribution >= 4 is 88.4 Å². The Morgan fingerprint density at radius 1 is 0.841 bits per heavy atom. The molecule has 1 atom stereocenters. The Labute approximate surface area is 294 Å². The second kappa shape index (κ2) is 34.6. The maximum atomic E-state index is 10.5. The maximum Gasteiger partial charge on any atom is 0.307 e. The zero-order chi connectivity index (χ0) is 35.9. The van der Waals surface area contributed by atoms with Gasteiger partial charge in [0.1, 0.15) is 19.7 Å². The van der Waals surface area contributed by atoms with E-state index < -0.39 is 31.6 Å². The van der Waals surface area contributed by atoms with Crippen molar-refractivity contribution < 1.29 is 26.7 Å². The third-order valence-electron chi connectivity index (χ3n) is 4.04. The Bertz CT molecular complexity index is 991. The number of benzene rings is 1. The molecule has 0 aliphatic heterocycles. The minimum absolute atomic E-state index is 0.255. The largest absolute Gasteiger partial charge is 0.481 e. The summed E-state index contributed by atoms with van der Waals surface area (Å²) >= 11 is 12.1. The van der Waals surface area contributed by atoms with Crippen LogP contribution in [0.4, 0.5) is 0 Å². The molecule has 0 bridgehead atoms. The van der Waals surface area contributed by atoms with Gasteiger partial charge < -0.3 is 5.11 Å². The van der Waals surface area contributed by atoms with Gasteiger partial charge >= 0.3 is 5.97 Å². The summed E-state index contributed by atoms with van der Waals surface area (Å²) in [5.41, 5.74) is 1.43. The van der Waals surface area contributed by atoms with Gasteiger partial charge in [0.05, 0.1) is 17.4 Å². The fourth-order valence-electron chi connectivity index (χ4n) is 2.45. The highest BCUT2D eigenvalue weighted by Gasteiger charge is 2.16. The van der Waals surface area contributed by atoms with E-state index >= 15 is 0 Å². The molecular formula is C30H60BO6PS6. The molecule has 0 saturated heterocycles. The Morgan fingerprint density at radius 3 is 1.41 bits per heavy atom. The van der Waals surface area contributed by atoms with Crippen LogP contribution in [0.1, 0.15) is 67.9 Å². The molecule has 1 rings (SSSR count). The van der Waals surface area contributed by atoms with Crippen molar-refractivity contribution in [1.29, 1.82) is 0 Å². The van der Waals surface area contributed by atoms with Crippen LogP contribution >= 0.6 is 43.4 Å². The van der Waals surface area contributed by atoms with E-state index in [2.05, 4.69) is 110 Å². The number of thioether (sulfide) groups is 2. The molecule has 2 radical (unpaired) electrons. The van der Waals surface area contributed by atoms with Crippen molar-refractivity contribution in [2.24, 2.45) is 29.6 Å². The zero-order valence-electron chi connectivity index (χ0n) is 29.0. The van der Waals surface area contributed by atoms with Crippen molar-refractivity contribution in [3.63, 3.8) is 0 Å². The second-order valence-corrected chi connectivity index (χ2v) is 19.3. The second-order valence-electron chi connectivity index (χ2n) is 11.7. The Hall–Kier alpha value is 0.225. The molecule has 1 N–H and O–H groups in total. The summed E-state index contributed by atoms with van der Waals surface area (Å²) in [6.45, 7) is 18.4. The first-order valence-corrected chi connectivity index (χ1v) is 23.6. The quantitative estimate of drug-likeness (QED) is 0.125. The van der Waals surface area contributed by atoms with Crippen LogP contribution in [0.15, 0.2) is 30.3 Å². The van der Waals surface area contributed by atoms with Crippen LogP contribution in [-0.2, 0) is 42.0 Å². The van der Waals surface area contributed by atoms with Gasteiger partial charge in [-0.05, 0) is 52.7 Å². The van der Waals surface area contributed by atoms with Crippen molar-refractivity contribution in [2.75, 3.05) is 47.5 Å². The molecule has 1 aromatic rings. The number of hydrogen-bond donors (Lipinski definition) is 2. The molecule has 0 amide bonds. The van der Waals surface area contributed by atoms with Crippen LogP contribution < -0.4 is 0 Å². The molecule has 0 spiro atoms. The van der Waals surface area contributed by atoms with E-state index in [4.69, 9.17) is 5.11 Å². The highest BCUT2D eigenvalue weighted by atomic mass is 32.4. The Kier molecular flexibility index (Phi) is 42.2. The molecular weight excluding hydrogens is 691 g/mol. The van der Waals surface area contributed by atoms with Crippen molar-refractivity contribution in [3.8, 4) is 0 Å². The zero-order valence-corrected chi connectivity index (χ0v) is 34.9. The highest BCUT2D eigenvalue weighted by Crippen LogP contribution is 2.14. The van der Waals surface area contributed by atoms with Crippen LogP contribution in [0.3, 0.4) is 0 Å². The van der Waals surface area contributed by atoms with Gasteiger partial charge in [0.15, 0.2) is 7.57 Å². The van der Waals surface area contributed by atoms with E-state index in [1.54, 1.807) is 0 Å². The molecule has 0 aromatic heterocycles. The third kappa shape index (κ3) is 65.0. The lowest BCUT2D eigenvalue weighted by atomic mass is 10.2. The molecule has 0 fully saturated rings. The number of sulfone groups is 2. The van der Waals surface area contributed by atoms with E-state index in [-0.39, 0.29) is 11.7 Å². The van der Waals surface area contributed by atoms with Crippen LogP contribution in [-0.4, -0.2) is 83.0 Å². The van der Waals surface area contributed by atoms with E-state index in [0.717, 1.165) is 35.5 Å². The average molecular weight is 751 g/mol. The minimum Gasteiger partial charge on any atom is -0.481 e. The van der Waals surface area contributed by atoms with Gasteiger partial charge in [-0.15, -0.1) is 0 Å². The molecule has 14 heteroatoms. The molecule has 0 saturated carbocycles. The Morgan fingerprint density at radius 2 is 1.23 bits per heavy atom. The lowest BCUT2D eigenvalue weighted by Crippen LogP contribution is -2.19. The fraction of sp³-hybridized carbons (Fsp3) is 0.767. The lowest BCUT2D eigenvalue weighted by Gasteiger charge is -2.03. The van der Waals surface area contributed by atoms with Gasteiger partial charge in [-0.25, -0.2) is 16.8 Å². The summed E-state index contributed by atoms with van der Waals surface area (Å²) in [6.07, 6.45) is 4.42. The Balaban J connectivity index is -0.000000145. The molecule has 260 valence electrons. The number of aliphatic carboxylic acids is 1. The van der Waals surface area contributed by atoms with Gasteiger partial charge in [-0.2, -0.15) is 36.2 Å². The minimum atomic E-state index is -3.15. The molecule has 0 aliphatic carbocycles. The van der Waals surface area contributed by atoms with Gasteiger partial charge in [0.25, 0.3) is 0 Å². The summed E-state index contributed by atoms with van der Waals surface area (Å²) in [5, 5.41) is 8.28. The standard InChI is InChI=1S/C11H16S.C5H10O4S.C5H12O2S.C5H12S.C4H10S.BPS/c1-10(2)8-12-9-11-6-4-3-5-7-11;1-4(5(6)7)3-10(2,8)9;1-5(2)4-8(3,6)7;1-5(2)4-6-3;1-4(2)3-5;1-2-3/h3-7,10H,8-9H2,1-2H3;4H,3H2,1-2H3,(H,6,7);5H,4H2,1-3H3;5H,4H2,1-3H3;4-5H,3H2,1-2H3;/t;4-;;;;/m.0..../s1. The topological polar surface area (TPSA) is 106 Å². The lowest BCUT2D eigenvalue weighted by molar-refractivity contribution is -0.140.